The lowest BCUT2D eigenvalue weighted by Gasteiger charge is -2.33. The molecule has 3 rings (SSSR count). The number of nitrogens with one attached hydrogen (secondary N) is 1. The number of benzene rings is 2. The van der Waals surface area contributed by atoms with Crippen molar-refractivity contribution in [1.82, 2.24) is 4.90 Å². The van der Waals surface area contributed by atoms with Crippen LogP contribution in [0.5, 0.6) is 0 Å². The van der Waals surface area contributed by atoms with Crippen molar-refractivity contribution in [2.75, 3.05) is 12.4 Å². The van der Waals surface area contributed by atoms with Gasteiger partial charge in [-0.3, -0.25) is 9.69 Å². The van der Waals surface area contributed by atoms with E-state index in [0.29, 0.717) is 6.04 Å². The van der Waals surface area contributed by atoms with Gasteiger partial charge in [0, 0.05) is 25.2 Å². The smallest absolute Gasteiger partial charge is 0.221 e. The third-order valence-electron chi connectivity index (χ3n) is 4.66. The number of hydrogen-bond donors (Lipinski definition) is 1. The number of nitrogens with zero attached hydrogens (tertiary/aromatic N) is 1. The Labute approximate surface area is 138 Å². The largest absolute Gasteiger partial charge is 0.326 e. The van der Waals surface area contributed by atoms with Crippen LogP contribution in [0.15, 0.2) is 48.5 Å². The van der Waals surface area contributed by atoms with Gasteiger partial charge in [0.2, 0.25) is 5.91 Å². The van der Waals surface area contributed by atoms with E-state index in [2.05, 4.69) is 53.7 Å². The van der Waals surface area contributed by atoms with Crippen molar-refractivity contribution < 1.29 is 4.79 Å². The number of fused-ring (bicyclic) bond motifs is 1. The Bertz CT molecular complexity index is 681. The molecule has 0 fully saturated rings. The van der Waals surface area contributed by atoms with E-state index in [1.165, 1.54) is 16.7 Å². The third-order valence-corrected chi connectivity index (χ3v) is 4.66. The number of carbonyl (C=O) groups excluding carboxylic acids is 1. The molecule has 0 saturated carbocycles. The zero-order chi connectivity index (χ0) is 16.2. The number of anilines is 1. The van der Waals surface area contributed by atoms with Gasteiger partial charge in [0.1, 0.15) is 0 Å². The molecule has 0 bridgehead atoms. The first-order valence-electron chi connectivity index (χ1n) is 8.26. The molecule has 2 aromatic rings. The molecule has 1 aliphatic carbocycles. The Morgan fingerprint density at radius 1 is 1.17 bits per heavy atom. The van der Waals surface area contributed by atoms with Crippen LogP contribution in [0.4, 0.5) is 5.69 Å². The van der Waals surface area contributed by atoms with E-state index in [9.17, 15) is 4.79 Å². The van der Waals surface area contributed by atoms with E-state index in [4.69, 9.17) is 0 Å². The number of likely N-dealkylation sites (N-methyl/N-ethyl adjacent to an activating group) is 1. The summed E-state index contributed by atoms with van der Waals surface area (Å²) in [5.74, 6) is 0.00159. The molecular weight excluding hydrogens is 284 g/mol. The van der Waals surface area contributed by atoms with Gasteiger partial charge in [-0.1, -0.05) is 42.5 Å². The highest BCUT2D eigenvalue weighted by molar-refractivity contribution is 5.89. The Kier molecular flexibility index (Phi) is 4.77. The Balaban J connectivity index is 1.71. The summed E-state index contributed by atoms with van der Waals surface area (Å²) >= 11 is 0. The maximum Gasteiger partial charge on any atom is 0.221 e. The zero-order valence-corrected chi connectivity index (χ0v) is 13.9. The van der Waals surface area contributed by atoms with Crippen LogP contribution in [0.25, 0.3) is 0 Å². The van der Waals surface area contributed by atoms with E-state index >= 15 is 0 Å². The first-order valence-corrected chi connectivity index (χ1v) is 8.26. The molecule has 0 aliphatic heterocycles. The van der Waals surface area contributed by atoms with Crippen molar-refractivity contribution >= 4 is 11.6 Å². The van der Waals surface area contributed by atoms with Gasteiger partial charge in [-0.2, -0.15) is 0 Å². The van der Waals surface area contributed by atoms with Crippen LogP contribution < -0.4 is 5.32 Å². The number of carbonyl (C=O) groups is 1. The Morgan fingerprint density at radius 2 is 1.96 bits per heavy atom. The number of amides is 1. The summed E-state index contributed by atoms with van der Waals surface area (Å²) in [6, 6.07) is 17.4. The SMILES string of the molecule is CC(=O)Nc1cccc2c1CCC(N(C)Cc1ccccc1)C2. The lowest BCUT2D eigenvalue weighted by atomic mass is 9.86. The Morgan fingerprint density at radius 3 is 2.70 bits per heavy atom. The summed E-state index contributed by atoms with van der Waals surface area (Å²) in [7, 11) is 2.21. The van der Waals surface area contributed by atoms with Crippen LogP contribution >= 0.6 is 0 Å². The van der Waals surface area contributed by atoms with E-state index in [0.717, 1.165) is 31.5 Å². The van der Waals surface area contributed by atoms with Crippen LogP contribution in [-0.4, -0.2) is 23.9 Å². The van der Waals surface area contributed by atoms with Crippen molar-refractivity contribution in [2.24, 2.45) is 0 Å². The Hall–Kier alpha value is -2.13. The van der Waals surface area contributed by atoms with Gasteiger partial charge in [-0.05, 0) is 49.1 Å². The fourth-order valence-electron chi connectivity index (χ4n) is 3.47. The highest BCUT2D eigenvalue weighted by Gasteiger charge is 2.23. The maximum absolute atomic E-state index is 11.4. The van der Waals surface area contributed by atoms with E-state index in [1.807, 2.05) is 12.1 Å². The molecule has 0 aromatic heterocycles. The third kappa shape index (κ3) is 3.80. The average Bonchev–Trinajstić information content (AvgIpc) is 2.55. The summed E-state index contributed by atoms with van der Waals surface area (Å²) < 4.78 is 0. The average molecular weight is 308 g/mol. The summed E-state index contributed by atoms with van der Waals surface area (Å²) in [4.78, 5) is 13.8. The van der Waals surface area contributed by atoms with E-state index < -0.39 is 0 Å². The molecule has 1 amide bonds. The van der Waals surface area contributed by atoms with Crippen LogP contribution in [0.2, 0.25) is 0 Å². The second-order valence-corrected chi connectivity index (χ2v) is 6.42. The molecule has 23 heavy (non-hydrogen) atoms. The van der Waals surface area contributed by atoms with Crippen LogP contribution in [0, 0.1) is 0 Å². The summed E-state index contributed by atoms with van der Waals surface area (Å²) in [5.41, 5.74) is 5.02. The van der Waals surface area contributed by atoms with Crippen molar-refractivity contribution in [3.05, 3.63) is 65.2 Å². The quantitative estimate of drug-likeness (QED) is 0.935. The lowest BCUT2D eigenvalue weighted by molar-refractivity contribution is -0.114. The van der Waals surface area contributed by atoms with Gasteiger partial charge in [-0.15, -0.1) is 0 Å². The molecule has 3 nitrogen and oxygen atoms in total. The maximum atomic E-state index is 11.4. The van der Waals surface area contributed by atoms with Crippen molar-refractivity contribution in [1.29, 1.82) is 0 Å². The molecule has 120 valence electrons. The molecular formula is C20H24N2O. The number of rotatable bonds is 4. The monoisotopic (exact) mass is 308 g/mol. The minimum Gasteiger partial charge on any atom is -0.326 e. The highest BCUT2D eigenvalue weighted by Crippen LogP contribution is 2.30. The van der Waals surface area contributed by atoms with E-state index in [1.54, 1.807) is 6.92 Å². The first-order chi connectivity index (χ1) is 11.1. The molecule has 0 heterocycles. The van der Waals surface area contributed by atoms with Gasteiger partial charge in [0.25, 0.3) is 0 Å². The van der Waals surface area contributed by atoms with Crippen molar-refractivity contribution in [3.8, 4) is 0 Å². The van der Waals surface area contributed by atoms with Crippen LogP contribution in [0.3, 0.4) is 0 Å². The number of hydrogen-bond acceptors (Lipinski definition) is 2. The summed E-state index contributed by atoms with van der Waals surface area (Å²) in [5, 5.41) is 2.96. The van der Waals surface area contributed by atoms with Gasteiger partial charge in [0.05, 0.1) is 0 Å². The molecule has 0 radical (unpaired) electrons. The lowest BCUT2D eigenvalue weighted by Crippen LogP contribution is -2.36. The topological polar surface area (TPSA) is 32.3 Å². The minimum absolute atomic E-state index is 0.00159. The molecule has 0 spiro atoms. The minimum atomic E-state index is 0.00159. The zero-order valence-electron chi connectivity index (χ0n) is 13.9. The van der Waals surface area contributed by atoms with Gasteiger partial charge >= 0.3 is 0 Å². The fourth-order valence-corrected chi connectivity index (χ4v) is 3.47. The fraction of sp³-hybridized carbons (Fsp3) is 0.350. The van der Waals surface area contributed by atoms with Gasteiger partial charge in [-0.25, -0.2) is 0 Å². The molecule has 1 aliphatic rings. The predicted molar refractivity (Wildman–Crippen MR) is 94.5 cm³/mol. The molecule has 1 atom stereocenters. The van der Waals surface area contributed by atoms with Crippen molar-refractivity contribution in [2.45, 2.75) is 38.8 Å². The van der Waals surface area contributed by atoms with Gasteiger partial charge in [0.15, 0.2) is 0 Å². The molecule has 3 heteroatoms. The normalized spacial score (nSPS) is 16.9. The molecule has 0 saturated heterocycles. The molecule has 1 N–H and O–H groups in total. The summed E-state index contributed by atoms with van der Waals surface area (Å²) in [6.07, 6.45) is 3.20. The predicted octanol–water partition coefficient (Wildman–Crippen LogP) is 3.63. The van der Waals surface area contributed by atoms with Gasteiger partial charge < -0.3 is 5.32 Å². The molecule has 1 unspecified atom stereocenters. The van der Waals surface area contributed by atoms with Crippen LogP contribution in [-0.2, 0) is 24.2 Å². The highest BCUT2D eigenvalue weighted by atomic mass is 16.1. The standard InChI is InChI=1S/C20H24N2O/c1-15(23)21-20-10-6-9-17-13-18(11-12-19(17)20)22(2)14-16-7-4-3-5-8-16/h3-10,18H,11-14H2,1-2H3,(H,21,23). The second-order valence-electron chi connectivity index (χ2n) is 6.42. The van der Waals surface area contributed by atoms with Crippen LogP contribution in [0.1, 0.15) is 30.0 Å². The summed E-state index contributed by atoms with van der Waals surface area (Å²) in [6.45, 7) is 2.55. The van der Waals surface area contributed by atoms with Crippen molar-refractivity contribution in [3.63, 3.8) is 0 Å². The van der Waals surface area contributed by atoms with E-state index in [-0.39, 0.29) is 5.91 Å². The first kappa shape index (κ1) is 15.8. The molecule has 2 aromatic carbocycles. The second kappa shape index (κ2) is 6.97.